The Morgan fingerprint density at radius 1 is 0.966 bits per heavy atom. The lowest BCUT2D eigenvalue weighted by Gasteiger charge is -2.15. The summed E-state index contributed by atoms with van der Waals surface area (Å²) in [4.78, 5) is 0. The molecule has 3 nitrogen and oxygen atoms in total. The molecule has 0 aromatic heterocycles. The Balaban J connectivity index is 1.58. The molecule has 3 rings (SSSR count). The molecule has 1 N–H and O–H groups in total. The van der Waals surface area contributed by atoms with Crippen LogP contribution in [0.5, 0.6) is 11.5 Å². The molecule has 3 aromatic rings. The lowest BCUT2D eigenvalue weighted by atomic mass is 10.1. The summed E-state index contributed by atoms with van der Waals surface area (Å²) in [6.07, 6.45) is 0.638. The number of nitrogens with one attached hydrogen (secondary N) is 1. The standard InChI is InChI=1S/C24H25BrFNO2/c1-17-7-9-18(10-8-17)16-29-24-14-21(25)20(13-23(24)28-2)15-27-12-11-19-5-3-4-6-22(19)26/h3-10,13-14,27H,11-12,15-16H2,1-2H3. The predicted octanol–water partition coefficient (Wildman–Crippen LogP) is 5.82. The first-order chi connectivity index (χ1) is 14.1. The molecule has 0 radical (unpaired) electrons. The van der Waals surface area contributed by atoms with Crippen molar-refractivity contribution < 1.29 is 13.9 Å². The monoisotopic (exact) mass is 457 g/mol. The van der Waals surface area contributed by atoms with Crippen molar-refractivity contribution >= 4 is 15.9 Å². The summed E-state index contributed by atoms with van der Waals surface area (Å²) in [5.41, 5.74) is 4.10. The highest BCUT2D eigenvalue weighted by molar-refractivity contribution is 9.10. The molecule has 0 heterocycles. The summed E-state index contributed by atoms with van der Waals surface area (Å²) in [5, 5.41) is 3.36. The number of halogens is 2. The fourth-order valence-corrected chi connectivity index (χ4v) is 3.44. The van der Waals surface area contributed by atoms with Gasteiger partial charge >= 0.3 is 0 Å². The van der Waals surface area contributed by atoms with Crippen LogP contribution in [0, 0.1) is 12.7 Å². The van der Waals surface area contributed by atoms with E-state index in [1.807, 2.05) is 24.3 Å². The molecule has 0 aliphatic carbocycles. The molecule has 3 aromatic carbocycles. The van der Waals surface area contributed by atoms with Crippen LogP contribution in [0.15, 0.2) is 65.1 Å². The third-order valence-electron chi connectivity index (χ3n) is 4.69. The maximum Gasteiger partial charge on any atom is 0.162 e. The van der Waals surface area contributed by atoms with E-state index < -0.39 is 0 Å². The molecule has 0 aliphatic heterocycles. The van der Waals surface area contributed by atoms with Crippen molar-refractivity contribution in [1.82, 2.24) is 5.32 Å². The third-order valence-corrected chi connectivity index (χ3v) is 5.43. The second kappa shape index (κ2) is 10.4. The number of hydrogen-bond acceptors (Lipinski definition) is 3. The van der Waals surface area contributed by atoms with Gasteiger partial charge in [0.05, 0.1) is 7.11 Å². The van der Waals surface area contributed by atoms with Gasteiger partial charge in [-0.1, -0.05) is 64.0 Å². The van der Waals surface area contributed by atoms with Gasteiger partial charge < -0.3 is 14.8 Å². The van der Waals surface area contributed by atoms with Gasteiger partial charge in [0.1, 0.15) is 12.4 Å². The molecule has 152 valence electrons. The van der Waals surface area contributed by atoms with E-state index in [0.29, 0.717) is 37.6 Å². The molecular formula is C24H25BrFNO2. The van der Waals surface area contributed by atoms with Crippen LogP contribution < -0.4 is 14.8 Å². The van der Waals surface area contributed by atoms with E-state index in [9.17, 15) is 4.39 Å². The SMILES string of the molecule is COc1cc(CNCCc2ccccc2F)c(Br)cc1OCc1ccc(C)cc1. The quantitative estimate of drug-likeness (QED) is 0.410. The first kappa shape index (κ1) is 21.3. The molecule has 5 heteroatoms. The summed E-state index contributed by atoms with van der Waals surface area (Å²) in [7, 11) is 1.64. The first-order valence-electron chi connectivity index (χ1n) is 9.55. The lowest BCUT2D eigenvalue weighted by Crippen LogP contribution is -2.17. The van der Waals surface area contributed by atoms with Crippen molar-refractivity contribution in [3.63, 3.8) is 0 Å². The molecule has 29 heavy (non-hydrogen) atoms. The second-order valence-electron chi connectivity index (χ2n) is 6.89. The summed E-state index contributed by atoms with van der Waals surface area (Å²) < 4.78 is 26.1. The van der Waals surface area contributed by atoms with Crippen LogP contribution in [0.4, 0.5) is 4.39 Å². The van der Waals surface area contributed by atoms with Crippen molar-refractivity contribution in [2.75, 3.05) is 13.7 Å². The van der Waals surface area contributed by atoms with E-state index in [1.165, 1.54) is 11.6 Å². The topological polar surface area (TPSA) is 30.5 Å². The van der Waals surface area contributed by atoms with E-state index in [-0.39, 0.29) is 5.82 Å². The Hall–Kier alpha value is -2.37. The third kappa shape index (κ3) is 6.05. The van der Waals surface area contributed by atoms with E-state index in [1.54, 1.807) is 13.2 Å². The average molecular weight is 458 g/mol. The average Bonchev–Trinajstić information content (AvgIpc) is 2.73. The number of rotatable bonds is 9. The Morgan fingerprint density at radius 3 is 2.45 bits per heavy atom. The van der Waals surface area contributed by atoms with Crippen molar-refractivity contribution in [3.05, 3.63) is 93.2 Å². The Bertz CT molecular complexity index is 944. The fraction of sp³-hybridized carbons (Fsp3) is 0.250. The van der Waals surface area contributed by atoms with E-state index >= 15 is 0 Å². The van der Waals surface area contributed by atoms with Crippen molar-refractivity contribution in [1.29, 1.82) is 0 Å². The minimum absolute atomic E-state index is 0.160. The summed E-state index contributed by atoms with van der Waals surface area (Å²) in [5.74, 6) is 1.22. The van der Waals surface area contributed by atoms with Crippen molar-refractivity contribution in [3.8, 4) is 11.5 Å². The number of methoxy groups -OCH3 is 1. The van der Waals surface area contributed by atoms with E-state index in [2.05, 4.69) is 52.4 Å². The smallest absolute Gasteiger partial charge is 0.162 e. The van der Waals surface area contributed by atoms with Gasteiger partial charge in [-0.25, -0.2) is 4.39 Å². The Kier molecular flexibility index (Phi) is 7.67. The highest BCUT2D eigenvalue weighted by atomic mass is 79.9. The molecule has 0 aliphatic rings. The first-order valence-corrected chi connectivity index (χ1v) is 10.3. The van der Waals surface area contributed by atoms with Gasteiger partial charge in [0, 0.05) is 11.0 Å². The van der Waals surface area contributed by atoms with Crippen LogP contribution in [0.25, 0.3) is 0 Å². The number of benzene rings is 3. The lowest BCUT2D eigenvalue weighted by molar-refractivity contribution is 0.284. The zero-order valence-electron chi connectivity index (χ0n) is 16.7. The van der Waals surface area contributed by atoms with Crippen LogP contribution in [0.2, 0.25) is 0 Å². The van der Waals surface area contributed by atoms with Gasteiger partial charge in [-0.3, -0.25) is 0 Å². The van der Waals surface area contributed by atoms with Crippen molar-refractivity contribution in [2.24, 2.45) is 0 Å². The van der Waals surface area contributed by atoms with Crippen LogP contribution >= 0.6 is 15.9 Å². The molecule has 0 unspecified atom stereocenters. The van der Waals surface area contributed by atoms with Gasteiger partial charge in [0.2, 0.25) is 0 Å². The summed E-state index contributed by atoms with van der Waals surface area (Å²) in [6, 6.07) is 19.0. The zero-order chi connectivity index (χ0) is 20.6. The summed E-state index contributed by atoms with van der Waals surface area (Å²) in [6.45, 7) is 3.86. The Labute approximate surface area is 180 Å². The second-order valence-corrected chi connectivity index (χ2v) is 7.74. The maximum absolute atomic E-state index is 13.7. The summed E-state index contributed by atoms with van der Waals surface area (Å²) >= 11 is 3.62. The minimum Gasteiger partial charge on any atom is -0.493 e. The molecule has 0 saturated heterocycles. The molecule has 0 atom stereocenters. The van der Waals surface area contributed by atoms with Crippen LogP contribution in [0.1, 0.15) is 22.3 Å². The van der Waals surface area contributed by atoms with Crippen LogP contribution in [-0.4, -0.2) is 13.7 Å². The van der Waals surface area contributed by atoms with E-state index in [0.717, 1.165) is 21.2 Å². The normalized spacial score (nSPS) is 10.8. The molecular weight excluding hydrogens is 433 g/mol. The largest absolute Gasteiger partial charge is 0.493 e. The van der Waals surface area contributed by atoms with Gasteiger partial charge in [-0.2, -0.15) is 0 Å². The van der Waals surface area contributed by atoms with Crippen molar-refractivity contribution in [2.45, 2.75) is 26.5 Å². The number of aryl methyl sites for hydroxylation is 1. The van der Waals surface area contributed by atoms with Gasteiger partial charge in [-0.05, 0) is 54.8 Å². The Morgan fingerprint density at radius 2 is 1.72 bits per heavy atom. The number of hydrogen-bond donors (Lipinski definition) is 1. The fourth-order valence-electron chi connectivity index (χ4n) is 2.98. The molecule has 0 bridgehead atoms. The van der Waals surface area contributed by atoms with Gasteiger partial charge in [0.25, 0.3) is 0 Å². The number of ether oxygens (including phenoxy) is 2. The molecule has 0 fully saturated rings. The van der Waals surface area contributed by atoms with E-state index in [4.69, 9.17) is 9.47 Å². The van der Waals surface area contributed by atoms with Gasteiger partial charge in [0.15, 0.2) is 11.5 Å². The predicted molar refractivity (Wildman–Crippen MR) is 118 cm³/mol. The molecule has 0 saturated carbocycles. The van der Waals surface area contributed by atoms with Gasteiger partial charge in [-0.15, -0.1) is 0 Å². The molecule has 0 amide bonds. The highest BCUT2D eigenvalue weighted by Gasteiger charge is 2.11. The van der Waals surface area contributed by atoms with Crippen LogP contribution in [0.3, 0.4) is 0 Å². The molecule has 0 spiro atoms. The zero-order valence-corrected chi connectivity index (χ0v) is 18.3. The highest BCUT2D eigenvalue weighted by Crippen LogP contribution is 2.34. The maximum atomic E-state index is 13.7. The van der Waals surface area contributed by atoms with Crippen LogP contribution in [-0.2, 0) is 19.6 Å². The minimum atomic E-state index is -0.160.